The smallest absolute Gasteiger partial charge is 0.220 e. The maximum Gasteiger partial charge on any atom is 0.220 e. The summed E-state index contributed by atoms with van der Waals surface area (Å²) >= 11 is 3.41. The van der Waals surface area contributed by atoms with E-state index in [1.807, 2.05) is 37.3 Å². The third-order valence-corrected chi connectivity index (χ3v) is 4.07. The van der Waals surface area contributed by atoms with Crippen LogP contribution in [0.1, 0.15) is 36.9 Å². The molecule has 1 atom stereocenters. The minimum atomic E-state index is -0.265. The molecule has 0 heterocycles. The Kier molecular flexibility index (Phi) is 6.13. The minimum Gasteiger partial charge on any atom is -0.349 e. The maximum atomic E-state index is 13.1. The predicted octanol–water partition coefficient (Wildman–Crippen LogP) is 4.79. The standard InChI is InChI=1S/C18H19BrFNO/c1-2-17(14-7-9-15(19)10-8-14)21-18(22)11-6-13-4-3-5-16(20)12-13/h3-5,7-10,12,17H,2,6,11H2,1H3,(H,21,22). The van der Waals surface area contributed by atoms with Crippen LogP contribution in [0.3, 0.4) is 0 Å². The molecule has 22 heavy (non-hydrogen) atoms. The highest BCUT2D eigenvalue weighted by atomic mass is 79.9. The number of carbonyl (C=O) groups is 1. The van der Waals surface area contributed by atoms with Gasteiger partial charge in [0.25, 0.3) is 0 Å². The van der Waals surface area contributed by atoms with Crippen molar-refractivity contribution in [2.24, 2.45) is 0 Å². The van der Waals surface area contributed by atoms with Crippen LogP contribution in [0.15, 0.2) is 53.0 Å². The van der Waals surface area contributed by atoms with Gasteiger partial charge in [0, 0.05) is 10.9 Å². The van der Waals surface area contributed by atoms with Crippen LogP contribution in [0.4, 0.5) is 4.39 Å². The summed E-state index contributed by atoms with van der Waals surface area (Å²) in [5.74, 6) is -0.279. The Bertz CT molecular complexity index is 627. The zero-order valence-electron chi connectivity index (χ0n) is 12.5. The summed E-state index contributed by atoms with van der Waals surface area (Å²) in [5, 5.41) is 3.04. The first-order valence-corrected chi connectivity index (χ1v) is 8.17. The lowest BCUT2D eigenvalue weighted by Gasteiger charge is -2.17. The lowest BCUT2D eigenvalue weighted by atomic mass is 10.0. The zero-order valence-corrected chi connectivity index (χ0v) is 14.1. The van der Waals surface area contributed by atoms with Crippen LogP contribution in [0, 0.1) is 5.82 Å². The number of carbonyl (C=O) groups excluding carboxylic acids is 1. The molecule has 0 aliphatic heterocycles. The van der Waals surface area contributed by atoms with Crippen LogP contribution in [-0.4, -0.2) is 5.91 Å². The zero-order chi connectivity index (χ0) is 15.9. The fraction of sp³-hybridized carbons (Fsp3) is 0.278. The van der Waals surface area contributed by atoms with Gasteiger partial charge in [-0.05, 0) is 48.2 Å². The Hall–Kier alpha value is -1.68. The Morgan fingerprint density at radius 2 is 1.95 bits per heavy atom. The van der Waals surface area contributed by atoms with Crippen molar-refractivity contribution in [3.63, 3.8) is 0 Å². The Balaban J connectivity index is 1.90. The Labute approximate surface area is 138 Å². The maximum absolute atomic E-state index is 13.1. The highest BCUT2D eigenvalue weighted by Gasteiger charge is 2.12. The van der Waals surface area contributed by atoms with Crippen LogP contribution < -0.4 is 5.32 Å². The van der Waals surface area contributed by atoms with E-state index in [4.69, 9.17) is 0 Å². The van der Waals surface area contributed by atoms with Crippen LogP contribution in [0.5, 0.6) is 0 Å². The minimum absolute atomic E-state index is 0.00751. The molecule has 1 amide bonds. The lowest BCUT2D eigenvalue weighted by Crippen LogP contribution is -2.28. The van der Waals surface area contributed by atoms with E-state index in [9.17, 15) is 9.18 Å². The molecule has 0 bridgehead atoms. The van der Waals surface area contributed by atoms with Crippen molar-refractivity contribution >= 4 is 21.8 Å². The summed E-state index contributed by atoms with van der Waals surface area (Å²) in [6.07, 6.45) is 1.73. The van der Waals surface area contributed by atoms with E-state index in [2.05, 4.69) is 21.2 Å². The third-order valence-electron chi connectivity index (χ3n) is 3.55. The fourth-order valence-electron chi connectivity index (χ4n) is 2.33. The monoisotopic (exact) mass is 363 g/mol. The number of aryl methyl sites for hydroxylation is 1. The molecular formula is C18H19BrFNO. The second-order valence-corrected chi connectivity index (χ2v) is 6.13. The second kappa shape index (κ2) is 8.08. The molecule has 116 valence electrons. The Morgan fingerprint density at radius 3 is 2.59 bits per heavy atom. The number of hydrogen-bond donors (Lipinski definition) is 1. The van der Waals surface area contributed by atoms with Crippen LogP contribution >= 0.6 is 15.9 Å². The van der Waals surface area contributed by atoms with E-state index in [0.717, 1.165) is 22.0 Å². The van der Waals surface area contributed by atoms with Gasteiger partial charge in [0.2, 0.25) is 5.91 Å². The summed E-state index contributed by atoms with van der Waals surface area (Å²) in [6, 6.07) is 14.3. The number of hydrogen-bond acceptors (Lipinski definition) is 1. The number of rotatable bonds is 6. The van der Waals surface area contributed by atoms with Crippen molar-refractivity contribution in [1.29, 1.82) is 0 Å². The molecule has 0 spiro atoms. The van der Waals surface area contributed by atoms with E-state index < -0.39 is 0 Å². The van der Waals surface area contributed by atoms with Gasteiger partial charge in [-0.15, -0.1) is 0 Å². The molecule has 2 aromatic rings. The topological polar surface area (TPSA) is 29.1 Å². The van der Waals surface area contributed by atoms with Gasteiger partial charge in [0.15, 0.2) is 0 Å². The molecule has 0 saturated heterocycles. The van der Waals surface area contributed by atoms with Crippen LogP contribution in [0.2, 0.25) is 0 Å². The molecule has 1 N–H and O–H groups in total. The van der Waals surface area contributed by atoms with Crippen molar-refractivity contribution in [2.45, 2.75) is 32.2 Å². The molecule has 4 heteroatoms. The average molecular weight is 364 g/mol. The van der Waals surface area contributed by atoms with Gasteiger partial charge in [-0.25, -0.2) is 4.39 Å². The summed E-state index contributed by atoms with van der Waals surface area (Å²) in [4.78, 5) is 12.1. The first-order valence-electron chi connectivity index (χ1n) is 7.37. The van der Waals surface area contributed by atoms with Gasteiger partial charge < -0.3 is 5.32 Å². The summed E-state index contributed by atoms with van der Waals surface area (Å²) < 4.78 is 14.1. The van der Waals surface area contributed by atoms with Gasteiger partial charge in [0.1, 0.15) is 5.82 Å². The molecule has 0 aliphatic rings. The number of amides is 1. The molecule has 2 nitrogen and oxygen atoms in total. The van der Waals surface area contributed by atoms with E-state index in [0.29, 0.717) is 12.8 Å². The number of benzene rings is 2. The van der Waals surface area contributed by atoms with Crippen molar-refractivity contribution in [2.75, 3.05) is 0 Å². The van der Waals surface area contributed by atoms with Crippen molar-refractivity contribution in [1.82, 2.24) is 5.32 Å². The molecule has 0 aromatic heterocycles. The first-order chi connectivity index (χ1) is 10.6. The van der Waals surface area contributed by atoms with Gasteiger partial charge in [-0.3, -0.25) is 4.79 Å². The molecule has 0 saturated carbocycles. The van der Waals surface area contributed by atoms with E-state index in [1.165, 1.54) is 12.1 Å². The van der Waals surface area contributed by atoms with Gasteiger partial charge >= 0.3 is 0 Å². The van der Waals surface area contributed by atoms with Crippen molar-refractivity contribution < 1.29 is 9.18 Å². The van der Waals surface area contributed by atoms with E-state index in [1.54, 1.807) is 6.07 Å². The fourth-order valence-corrected chi connectivity index (χ4v) is 2.60. The van der Waals surface area contributed by atoms with Crippen LogP contribution in [0.25, 0.3) is 0 Å². The van der Waals surface area contributed by atoms with Gasteiger partial charge in [0.05, 0.1) is 6.04 Å². The second-order valence-electron chi connectivity index (χ2n) is 5.21. The molecule has 2 rings (SSSR count). The highest BCUT2D eigenvalue weighted by Crippen LogP contribution is 2.19. The number of halogens is 2. The predicted molar refractivity (Wildman–Crippen MR) is 90.0 cm³/mol. The van der Waals surface area contributed by atoms with Crippen molar-refractivity contribution in [3.8, 4) is 0 Å². The normalized spacial score (nSPS) is 12.0. The molecular weight excluding hydrogens is 345 g/mol. The van der Waals surface area contributed by atoms with Crippen molar-refractivity contribution in [3.05, 3.63) is 69.9 Å². The lowest BCUT2D eigenvalue weighted by molar-refractivity contribution is -0.121. The average Bonchev–Trinajstić information content (AvgIpc) is 2.52. The SMILES string of the molecule is CCC(NC(=O)CCc1cccc(F)c1)c1ccc(Br)cc1. The summed E-state index contributed by atoms with van der Waals surface area (Å²) in [5.41, 5.74) is 1.93. The third kappa shape index (κ3) is 4.95. The summed E-state index contributed by atoms with van der Waals surface area (Å²) in [6.45, 7) is 2.04. The molecule has 1 unspecified atom stereocenters. The van der Waals surface area contributed by atoms with Crippen LogP contribution in [-0.2, 0) is 11.2 Å². The first kappa shape index (κ1) is 16.7. The van der Waals surface area contributed by atoms with E-state index in [-0.39, 0.29) is 17.8 Å². The molecule has 0 radical (unpaired) electrons. The molecule has 0 fully saturated rings. The number of nitrogens with one attached hydrogen (secondary N) is 1. The quantitative estimate of drug-likeness (QED) is 0.785. The van der Waals surface area contributed by atoms with Gasteiger partial charge in [-0.1, -0.05) is 47.1 Å². The van der Waals surface area contributed by atoms with Gasteiger partial charge in [-0.2, -0.15) is 0 Å². The molecule has 0 aliphatic carbocycles. The summed E-state index contributed by atoms with van der Waals surface area (Å²) in [7, 11) is 0. The Morgan fingerprint density at radius 1 is 1.23 bits per heavy atom. The largest absolute Gasteiger partial charge is 0.349 e. The van der Waals surface area contributed by atoms with E-state index >= 15 is 0 Å². The highest BCUT2D eigenvalue weighted by molar-refractivity contribution is 9.10. The molecule has 2 aromatic carbocycles.